The molecule has 0 spiro atoms. The lowest BCUT2D eigenvalue weighted by molar-refractivity contribution is 0.847. The van der Waals surface area contributed by atoms with Crippen LogP contribution in [0.15, 0.2) is 6.07 Å². The lowest BCUT2D eigenvalue weighted by atomic mass is 10.2. The highest BCUT2D eigenvalue weighted by Gasteiger charge is 2.18. The van der Waals surface area contributed by atoms with E-state index in [1.165, 1.54) is 12.8 Å². The number of aromatic nitrogens is 4. The smallest absolute Gasteiger partial charge is 0.256 e. The first kappa shape index (κ1) is 12.2. The molecule has 0 radical (unpaired) electrons. The molecule has 0 amide bonds. The number of nitrogen functional groups attached to an aromatic ring is 1. The summed E-state index contributed by atoms with van der Waals surface area (Å²) in [5.74, 6) is 7.65. The molecule has 2 aromatic rings. The maximum Gasteiger partial charge on any atom is 0.256 e. The Hall–Kier alpha value is -1.89. The summed E-state index contributed by atoms with van der Waals surface area (Å²) in [6, 6.07) is 1.93. The van der Waals surface area contributed by atoms with E-state index in [1.807, 2.05) is 6.07 Å². The average Bonchev–Trinajstić information content (AvgIpc) is 3.06. The summed E-state index contributed by atoms with van der Waals surface area (Å²) in [4.78, 5) is 11.2. The van der Waals surface area contributed by atoms with Crippen molar-refractivity contribution in [2.75, 3.05) is 23.4 Å². The summed E-state index contributed by atoms with van der Waals surface area (Å²) < 4.78 is 1.67. The van der Waals surface area contributed by atoms with E-state index in [9.17, 15) is 0 Å². The summed E-state index contributed by atoms with van der Waals surface area (Å²) in [6.45, 7) is 4.16. The van der Waals surface area contributed by atoms with Gasteiger partial charge in [0.15, 0.2) is 0 Å². The Labute approximate surface area is 111 Å². The summed E-state index contributed by atoms with van der Waals surface area (Å²) in [5, 5.41) is 4.49. The van der Waals surface area contributed by atoms with Crippen LogP contribution in [0.25, 0.3) is 5.78 Å². The minimum Gasteiger partial charge on any atom is -0.339 e. The maximum absolute atomic E-state index is 5.56. The number of hydrazine groups is 1. The fraction of sp³-hybridized carbons (Fsp3) is 0.583. The number of nitrogens with zero attached hydrogens (tertiary/aromatic N) is 5. The summed E-state index contributed by atoms with van der Waals surface area (Å²) in [5.41, 5.74) is 3.66. The molecule has 1 aliphatic rings. The zero-order valence-electron chi connectivity index (χ0n) is 11.1. The van der Waals surface area contributed by atoms with E-state index >= 15 is 0 Å². The lowest BCUT2D eigenvalue weighted by Gasteiger charge is -2.10. The van der Waals surface area contributed by atoms with Crippen molar-refractivity contribution in [3.05, 3.63) is 11.8 Å². The number of fused-ring (bicyclic) bond motifs is 1. The standard InChI is InChI=1S/C12H19N7/c1-2-5-9-8-10(16-13)19-11(14-9)15-12(17-19)18-6-3-4-7-18/h8,16H,2-7,13H2,1H3. The average molecular weight is 261 g/mol. The van der Waals surface area contributed by atoms with Gasteiger partial charge in [-0.1, -0.05) is 13.3 Å². The Morgan fingerprint density at radius 3 is 2.79 bits per heavy atom. The lowest BCUT2D eigenvalue weighted by Crippen LogP contribution is -2.19. The van der Waals surface area contributed by atoms with Gasteiger partial charge < -0.3 is 10.3 Å². The van der Waals surface area contributed by atoms with Crippen LogP contribution < -0.4 is 16.2 Å². The van der Waals surface area contributed by atoms with Gasteiger partial charge in [0.2, 0.25) is 5.95 Å². The fourth-order valence-electron chi connectivity index (χ4n) is 2.45. The van der Waals surface area contributed by atoms with Crippen LogP contribution in [0, 0.1) is 0 Å². The van der Waals surface area contributed by atoms with Crippen molar-refractivity contribution < 1.29 is 0 Å². The molecule has 19 heavy (non-hydrogen) atoms. The van der Waals surface area contributed by atoms with Gasteiger partial charge in [0.05, 0.1) is 0 Å². The Morgan fingerprint density at radius 2 is 2.11 bits per heavy atom. The zero-order chi connectivity index (χ0) is 13.2. The van der Waals surface area contributed by atoms with Gasteiger partial charge in [-0.15, -0.1) is 5.10 Å². The minimum atomic E-state index is 0.612. The van der Waals surface area contributed by atoms with Crippen molar-refractivity contribution in [2.45, 2.75) is 32.6 Å². The minimum absolute atomic E-state index is 0.612. The molecular weight excluding hydrogens is 242 g/mol. The van der Waals surface area contributed by atoms with Crippen LogP contribution in [0.4, 0.5) is 11.8 Å². The molecule has 7 heteroatoms. The molecule has 102 valence electrons. The van der Waals surface area contributed by atoms with Crippen molar-refractivity contribution >= 4 is 17.5 Å². The molecule has 1 aliphatic heterocycles. The normalized spacial score (nSPS) is 15.4. The predicted octanol–water partition coefficient (Wildman–Crippen LogP) is 0.963. The van der Waals surface area contributed by atoms with E-state index in [-0.39, 0.29) is 0 Å². The van der Waals surface area contributed by atoms with Crippen LogP contribution >= 0.6 is 0 Å². The van der Waals surface area contributed by atoms with Crippen molar-refractivity contribution in [1.82, 2.24) is 19.6 Å². The molecule has 0 saturated carbocycles. The molecule has 3 heterocycles. The van der Waals surface area contributed by atoms with Crippen LogP contribution in [-0.4, -0.2) is 32.7 Å². The van der Waals surface area contributed by atoms with E-state index in [1.54, 1.807) is 4.52 Å². The van der Waals surface area contributed by atoms with Crippen LogP contribution in [0.2, 0.25) is 0 Å². The fourth-order valence-corrected chi connectivity index (χ4v) is 2.45. The maximum atomic E-state index is 5.56. The molecule has 0 atom stereocenters. The van der Waals surface area contributed by atoms with E-state index in [0.29, 0.717) is 5.78 Å². The molecule has 0 bridgehead atoms. The first-order valence-electron chi connectivity index (χ1n) is 6.80. The number of nitrogens with two attached hydrogens (primary N) is 1. The highest BCUT2D eigenvalue weighted by atomic mass is 15.5. The molecule has 3 rings (SSSR count). The first-order valence-corrected chi connectivity index (χ1v) is 6.80. The van der Waals surface area contributed by atoms with Gasteiger partial charge in [-0.3, -0.25) is 0 Å². The van der Waals surface area contributed by atoms with Crippen molar-refractivity contribution in [3.63, 3.8) is 0 Å². The molecule has 7 nitrogen and oxygen atoms in total. The molecule has 0 aromatic carbocycles. The molecule has 2 aromatic heterocycles. The third kappa shape index (κ3) is 2.21. The number of aryl methyl sites for hydroxylation is 1. The molecule has 1 saturated heterocycles. The second kappa shape index (κ2) is 5.00. The van der Waals surface area contributed by atoms with Gasteiger partial charge in [0.25, 0.3) is 5.78 Å². The number of nitrogens with one attached hydrogen (secondary N) is 1. The molecular formula is C12H19N7. The van der Waals surface area contributed by atoms with Gasteiger partial charge in [-0.25, -0.2) is 10.8 Å². The second-order valence-electron chi connectivity index (χ2n) is 4.84. The predicted molar refractivity (Wildman–Crippen MR) is 74.0 cm³/mol. The highest BCUT2D eigenvalue weighted by Crippen LogP contribution is 2.19. The Kier molecular flexibility index (Phi) is 3.20. The zero-order valence-corrected chi connectivity index (χ0v) is 11.1. The molecule has 0 aliphatic carbocycles. The van der Waals surface area contributed by atoms with Crippen LogP contribution in [0.1, 0.15) is 31.9 Å². The first-order chi connectivity index (χ1) is 9.31. The van der Waals surface area contributed by atoms with Gasteiger partial charge >= 0.3 is 0 Å². The Bertz CT molecular complexity index is 571. The monoisotopic (exact) mass is 261 g/mol. The molecule has 0 unspecified atom stereocenters. The summed E-state index contributed by atoms with van der Waals surface area (Å²) in [7, 11) is 0. The van der Waals surface area contributed by atoms with E-state index in [4.69, 9.17) is 5.84 Å². The summed E-state index contributed by atoms with van der Waals surface area (Å²) >= 11 is 0. The highest BCUT2D eigenvalue weighted by molar-refractivity contribution is 5.48. The number of hydrogen-bond donors (Lipinski definition) is 2. The van der Waals surface area contributed by atoms with Gasteiger partial charge in [0.1, 0.15) is 5.82 Å². The molecule has 3 N–H and O–H groups in total. The van der Waals surface area contributed by atoms with Crippen LogP contribution in [0.3, 0.4) is 0 Å². The van der Waals surface area contributed by atoms with Crippen molar-refractivity contribution in [3.8, 4) is 0 Å². The van der Waals surface area contributed by atoms with Crippen molar-refractivity contribution in [1.29, 1.82) is 0 Å². The largest absolute Gasteiger partial charge is 0.339 e. The third-order valence-electron chi connectivity index (χ3n) is 3.40. The second-order valence-corrected chi connectivity index (χ2v) is 4.84. The Balaban J connectivity index is 2.04. The van der Waals surface area contributed by atoms with Gasteiger partial charge in [-0.05, 0) is 19.3 Å². The van der Waals surface area contributed by atoms with E-state index in [2.05, 4.69) is 32.3 Å². The number of hydrogen-bond acceptors (Lipinski definition) is 6. The third-order valence-corrected chi connectivity index (χ3v) is 3.40. The van der Waals surface area contributed by atoms with Gasteiger partial charge in [0, 0.05) is 24.8 Å². The van der Waals surface area contributed by atoms with Gasteiger partial charge in [-0.2, -0.15) is 9.50 Å². The van der Waals surface area contributed by atoms with E-state index in [0.717, 1.165) is 43.4 Å². The number of anilines is 2. The van der Waals surface area contributed by atoms with Crippen molar-refractivity contribution in [2.24, 2.45) is 5.84 Å². The SMILES string of the molecule is CCCc1cc(NN)n2nc(N3CCCC3)nc2n1. The topological polar surface area (TPSA) is 84.4 Å². The molecule has 1 fully saturated rings. The Morgan fingerprint density at radius 1 is 1.32 bits per heavy atom. The van der Waals surface area contributed by atoms with E-state index < -0.39 is 0 Å². The van der Waals surface area contributed by atoms with Crippen LogP contribution in [0.5, 0.6) is 0 Å². The number of rotatable bonds is 4. The summed E-state index contributed by atoms with van der Waals surface area (Å²) in [6.07, 6.45) is 4.36. The van der Waals surface area contributed by atoms with Crippen LogP contribution in [-0.2, 0) is 6.42 Å². The quantitative estimate of drug-likeness (QED) is 0.630.